The van der Waals surface area contributed by atoms with E-state index in [1.807, 2.05) is 0 Å². The van der Waals surface area contributed by atoms with Gasteiger partial charge in [-0.15, -0.1) is 0 Å². The molecule has 2 fully saturated rings. The molecule has 0 unspecified atom stereocenters. The molecule has 0 aromatic heterocycles. The summed E-state index contributed by atoms with van der Waals surface area (Å²) in [6.45, 7) is 6.90. The average Bonchev–Trinajstić information content (AvgIpc) is 2.26. The Labute approximate surface area is 73.3 Å². The molecule has 2 rings (SSSR count). The highest BCUT2D eigenvalue weighted by atomic mass is 16.5. The number of rotatable bonds is 1. The molecule has 3 heteroatoms. The van der Waals surface area contributed by atoms with Crippen LogP contribution >= 0.6 is 0 Å². The number of nitrogens with zero attached hydrogens (tertiary/aromatic N) is 1. The maximum Gasteiger partial charge on any atom is 0.119 e. The van der Waals surface area contributed by atoms with E-state index in [-0.39, 0.29) is 11.7 Å². The van der Waals surface area contributed by atoms with E-state index < -0.39 is 0 Å². The third-order valence-electron chi connectivity index (χ3n) is 3.06. The van der Waals surface area contributed by atoms with Crippen LogP contribution in [-0.4, -0.2) is 47.4 Å². The highest BCUT2D eigenvalue weighted by Gasteiger charge is 2.52. The minimum absolute atomic E-state index is 0.190. The van der Waals surface area contributed by atoms with Gasteiger partial charge in [-0.25, -0.2) is 0 Å². The number of ether oxygens (including phenoxy) is 1. The quantitative estimate of drug-likeness (QED) is 0.613. The fourth-order valence-electron chi connectivity index (χ4n) is 2.04. The first kappa shape index (κ1) is 8.48. The third-order valence-corrected chi connectivity index (χ3v) is 3.06. The van der Waals surface area contributed by atoms with Gasteiger partial charge in [-0.1, -0.05) is 0 Å². The van der Waals surface area contributed by atoms with Gasteiger partial charge in [0.1, 0.15) is 5.60 Å². The van der Waals surface area contributed by atoms with Crippen molar-refractivity contribution in [3.63, 3.8) is 0 Å². The van der Waals surface area contributed by atoms with E-state index in [1.165, 1.54) is 0 Å². The number of likely N-dealkylation sites (tertiary alicyclic amines) is 1. The average molecular weight is 171 g/mol. The second kappa shape index (κ2) is 2.69. The second-order valence-corrected chi connectivity index (χ2v) is 4.22. The zero-order valence-corrected chi connectivity index (χ0v) is 7.79. The monoisotopic (exact) mass is 171 g/mol. The highest BCUT2D eigenvalue weighted by molar-refractivity contribution is 5.05. The van der Waals surface area contributed by atoms with Gasteiger partial charge in [0, 0.05) is 19.1 Å². The summed E-state index contributed by atoms with van der Waals surface area (Å²) < 4.78 is 5.58. The van der Waals surface area contributed by atoms with E-state index in [9.17, 15) is 5.11 Å². The van der Waals surface area contributed by atoms with Gasteiger partial charge in [0.15, 0.2) is 0 Å². The standard InChI is InChI=1S/C9H17NO2/c1-7(2)10-5-9(6-10)8(11)3-4-12-9/h7-8,11H,3-6H2,1-2H3/t8-/m1/s1. The summed E-state index contributed by atoms with van der Waals surface area (Å²) in [7, 11) is 0. The van der Waals surface area contributed by atoms with E-state index in [1.54, 1.807) is 0 Å². The van der Waals surface area contributed by atoms with Gasteiger partial charge in [-0.05, 0) is 20.3 Å². The number of hydrogen-bond donors (Lipinski definition) is 1. The molecule has 2 aliphatic rings. The van der Waals surface area contributed by atoms with Gasteiger partial charge in [0.2, 0.25) is 0 Å². The Balaban J connectivity index is 1.93. The molecular formula is C9H17NO2. The molecule has 0 saturated carbocycles. The topological polar surface area (TPSA) is 32.7 Å². The summed E-state index contributed by atoms with van der Waals surface area (Å²) in [6, 6.07) is 0.576. The maximum absolute atomic E-state index is 9.65. The summed E-state index contributed by atoms with van der Waals surface area (Å²) >= 11 is 0. The molecule has 70 valence electrons. The van der Waals surface area contributed by atoms with Crippen molar-refractivity contribution < 1.29 is 9.84 Å². The minimum atomic E-state index is -0.229. The largest absolute Gasteiger partial charge is 0.390 e. The van der Waals surface area contributed by atoms with Gasteiger partial charge >= 0.3 is 0 Å². The Morgan fingerprint density at radius 1 is 1.50 bits per heavy atom. The Morgan fingerprint density at radius 2 is 2.17 bits per heavy atom. The van der Waals surface area contributed by atoms with Crippen LogP contribution in [-0.2, 0) is 4.74 Å². The van der Waals surface area contributed by atoms with Crippen molar-refractivity contribution in [1.29, 1.82) is 0 Å². The lowest BCUT2D eigenvalue weighted by atomic mass is 9.87. The van der Waals surface area contributed by atoms with Crippen molar-refractivity contribution in [1.82, 2.24) is 4.90 Å². The molecule has 1 N–H and O–H groups in total. The summed E-state index contributed by atoms with van der Waals surface area (Å²) in [6.07, 6.45) is 0.582. The molecule has 12 heavy (non-hydrogen) atoms. The SMILES string of the molecule is CC(C)N1CC2(C1)OCC[C@H]2O. The molecular weight excluding hydrogens is 154 g/mol. The van der Waals surface area contributed by atoms with Crippen molar-refractivity contribution in [2.24, 2.45) is 0 Å². The van der Waals surface area contributed by atoms with Crippen molar-refractivity contribution in [2.45, 2.75) is 38.0 Å². The normalized spacial score (nSPS) is 34.5. The lowest BCUT2D eigenvalue weighted by Crippen LogP contribution is -2.67. The van der Waals surface area contributed by atoms with Crippen molar-refractivity contribution in [3.8, 4) is 0 Å². The zero-order valence-electron chi connectivity index (χ0n) is 7.79. The van der Waals surface area contributed by atoms with Crippen LogP contribution in [0.15, 0.2) is 0 Å². The van der Waals surface area contributed by atoms with E-state index in [0.29, 0.717) is 6.04 Å². The fraction of sp³-hybridized carbons (Fsp3) is 1.00. The molecule has 1 atom stereocenters. The lowest BCUT2D eigenvalue weighted by Gasteiger charge is -2.50. The highest BCUT2D eigenvalue weighted by Crippen LogP contribution is 2.35. The van der Waals surface area contributed by atoms with E-state index in [2.05, 4.69) is 18.7 Å². The Morgan fingerprint density at radius 3 is 2.58 bits per heavy atom. The van der Waals surface area contributed by atoms with E-state index >= 15 is 0 Å². The van der Waals surface area contributed by atoms with Gasteiger partial charge in [-0.2, -0.15) is 0 Å². The Hall–Kier alpha value is -0.120. The molecule has 0 aromatic carbocycles. The molecule has 0 aromatic rings. The first-order chi connectivity index (χ1) is 5.64. The van der Waals surface area contributed by atoms with Crippen molar-refractivity contribution in [2.75, 3.05) is 19.7 Å². The van der Waals surface area contributed by atoms with Crippen LogP contribution < -0.4 is 0 Å². The predicted octanol–water partition coefficient (Wildman–Crippen LogP) is 0.230. The summed E-state index contributed by atoms with van der Waals surface area (Å²) in [5.41, 5.74) is -0.190. The summed E-state index contributed by atoms with van der Waals surface area (Å²) in [5.74, 6) is 0. The lowest BCUT2D eigenvalue weighted by molar-refractivity contribution is -0.161. The molecule has 1 spiro atoms. The van der Waals surface area contributed by atoms with E-state index in [4.69, 9.17) is 4.74 Å². The second-order valence-electron chi connectivity index (χ2n) is 4.22. The van der Waals surface area contributed by atoms with Gasteiger partial charge in [0.25, 0.3) is 0 Å². The first-order valence-corrected chi connectivity index (χ1v) is 4.70. The minimum Gasteiger partial charge on any atom is -0.390 e. The smallest absolute Gasteiger partial charge is 0.119 e. The zero-order chi connectivity index (χ0) is 8.77. The first-order valence-electron chi connectivity index (χ1n) is 4.70. The van der Waals surface area contributed by atoms with Gasteiger partial charge in [0.05, 0.1) is 12.7 Å². The fourth-order valence-corrected chi connectivity index (χ4v) is 2.04. The molecule has 0 aliphatic carbocycles. The number of aliphatic hydroxyl groups excluding tert-OH is 1. The molecule has 0 bridgehead atoms. The molecule has 0 radical (unpaired) electrons. The Kier molecular flexibility index (Phi) is 1.90. The summed E-state index contributed by atoms with van der Waals surface area (Å²) in [4.78, 5) is 2.33. The van der Waals surface area contributed by atoms with Crippen LogP contribution in [0.3, 0.4) is 0 Å². The summed E-state index contributed by atoms with van der Waals surface area (Å²) in [5, 5.41) is 9.65. The number of hydrogen-bond acceptors (Lipinski definition) is 3. The number of aliphatic hydroxyl groups is 1. The van der Waals surface area contributed by atoms with Gasteiger partial charge < -0.3 is 9.84 Å². The van der Waals surface area contributed by atoms with Crippen LogP contribution in [0.2, 0.25) is 0 Å². The van der Waals surface area contributed by atoms with Crippen LogP contribution in [0, 0.1) is 0 Å². The Bertz CT molecular complexity index is 175. The molecule has 2 aliphatic heterocycles. The van der Waals surface area contributed by atoms with Crippen molar-refractivity contribution in [3.05, 3.63) is 0 Å². The molecule has 3 nitrogen and oxygen atoms in total. The van der Waals surface area contributed by atoms with Crippen LogP contribution in [0.1, 0.15) is 20.3 Å². The van der Waals surface area contributed by atoms with Crippen molar-refractivity contribution >= 4 is 0 Å². The maximum atomic E-state index is 9.65. The van der Waals surface area contributed by atoms with Gasteiger partial charge in [-0.3, -0.25) is 4.90 Å². The molecule has 0 amide bonds. The van der Waals surface area contributed by atoms with Crippen LogP contribution in [0.4, 0.5) is 0 Å². The van der Waals surface area contributed by atoms with E-state index in [0.717, 1.165) is 26.1 Å². The molecule has 2 saturated heterocycles. The molecule has 2 heterocycles. The van der Waals surface area contributed by atoms with Crippen LogP contribution in [0.25, 0.3) is 0 Å². The van der Waals surface area contributed by atoms with Crippen LogP contribution in [0.5, 0.6) is 0 Å². The predicted molar refractivity (Wildman–Crippen MR) is 46.0 cm³/mol. The third kappa shape index (κ3) is 1.08.